The lowest BCUT2D eigenvalue weighted by molar-refractivity contribution is 0.0768. The van der Waals surface area contributed by atoms with Crippen molar-refractivity contribution in [3.05, 3.63) is 29.3 Å². The number of carbonyl (C=O) groups is 1. The van der Waals surface area contributed by atoms with Gasteiger partial charge in [-0.15, -0.1) is 11.3 Å². The summed E-state index contributed by atoms with van der Waals surface area (Å²) >= 11 is 1.65. The second kappa shape index (κ2) is 5.21. The third-order valence-electron chi connectivity index (χ3n) is 4.94. The Balaban J connectivity index is 1.49. The number of hydrogen-bond acceptors (Lipinski definition) is 4. The maximum atomic E-state index is 12.7. The topological polar surface area (TPSA) is 52.2 Å². The van der Waals surface area contributed by atoms with Crippen molar-refractivity contribution in [3.8, 4) is 10.6 Å². The molecule has 1 spiro atoms. The highest BCUT2D eigenvalue weighted by Crippen LogP contribution is 2.39. The first-order valence-electron chi connectivity index (χ1n) is 7.72. The normalized spacial score (nSPS) is 25.4. The highest BCUT2D eigenvalue weighted by molar-refractivity contribution is 7.13. The minimum Gasteiger partial charge on any atom is -0.337 e. The molecule has 2 aliphatic rings. The van der Waals surface area contributed by atoms with E-state index in [-0.39, 0.29) is 5.91 Å². The smallest absolute Gasteiger partial charge is 0.274 e. The summed E-state index contributed by atoms with van der Waals surface area (Å²) in [6.07, 6.45) is 2.32. The van der Waals surface area contributed by atoms with Crippen LogP contribution in [0.15, 0.2) is 23.6 Å². The summed E-state index contributed by atoms with van der Waals surface area (Å²) in [6.45, 7) is 3.98. The van der Waals surface area contributed by atoms with Crippen molar-refractivity contribution in [1.29, 1.82) is 0 Å². The zero-order chi connectivity index (χ0) is 15.2. The van der Waals surface area contributed by atoms with Crippen molar-refractivity contribution in [1.82, 2.24) is 20.0 Å². The Hall–Kier alpha value is -1.66. The van der Waals surface area contributed by atoms with E-state index < -0.39 is 0 Å². The molecule has 4 heterocycles. The van der Waals surface area contributed by atoms with Crippen LogP contribution in [0.5, 0.6) is 0 Å². The van der Waals surface area contributed by atoms with Crippen LogP contribution in [0.1, 0.15) is 23.3 Å². The molecule has 22 heavy (non-hydrogen) atoms. The van der Waals surface area contributed by atoms with Gasteiger partial charge in [-0.3, -0.25) is 9.89 Å². The number of thiophene rings is 1. The molecule has 116 valence electrons. The Morgan fingerprint density at radius 1 is 1.36 bits per heavy atom. The number of nitrogens with one attached hydrogen (secondary N) is 1. The molecule has 2 aromatic rings. The van der Waals surface area contributed by atoms with Crippen LogP contribution < -0.4 is 0 Å². The molecule has 1 unspecified atom stereocenters. The van der Waals surface area contributed by atoms with Crippen molar-refractivity contribution in [2.75, 3.05) is 33.2 Å². The molecule has 0 aromatic carbocycles. The largest absolute Gasteiger partial charge is 0.337 e. The Morgan fingerprint density at radius 2 is 2.23 bits per heavy atom. The summed E-state index contributed by atoms with van der Waals surface area (Å²) in [7, 11) is 2.17. The molecule has 1 N–H and O–H groups in total. The molecule has 1 amide bonds. The van der Waals surface area contributed by atoms with Crippen molar-refractivity contribution < 1.29 is 4.79 Å². The maximum Gasteiger partial charge on any atom is 0.274 e. The van der Waals surface area contributed by atoms with Crippen molar-refractivity contribution in [2.24, 2.45) is 5.41 Å². The summed E-state index contributed by atoms with van der Waals surface area (Å²) in [5.74, 6) is 0.0606. The Labute approximate surface area is 133 Å². The van der Waals surface area contributed by atoms with E-state index in [0.29, 0.717) is 11.1 Å². The molecule has 6 heteroatoms. The summed E-state index contributed by atoms with van der Waals surface area (Å²) in [5, 5.41) is 9.24. The molecule has 2 fully saturated rings. The number of nitrogens with zero attached hydrogens (tertiary/aromatic N) is 3. The first-order chi connectivity index (χ1) is 10.7. The molecule has 0 aliphatic carbocycles. The predicted molar refractivity (Wildman–Crippen MR) is 87.0 cm³/mol. The standard InChI is InChI=1S/C16H20N4OS/c1-19-6-4-16(10-19)5-7-20(11-16)15(21)13-9-12(17-18-13)14-3-2-8-22-14/h2-3,8-9H,4-7,10-11H2,1H3,(H,17,18). The van der Waals surface area contributed by atoms with Crippen LogP contribution in [0.25, 0.3) is 10.6 Å². The number of rotatable bonds is 2. The van der Waals surface area contributed by atoms with E-state index in [2.05, 4.69) is 22.1 Å². The average molecular weight is 316 g/mol. The highest BCUT2D eigenvalue weighted by Gasteiger charge is 2.44. The number of aromatic amines is 1. The number of hydrogen-bond donors (Lipinski definition) is 1. The van der Waals surface area contributed by atoms with Crippen molar-refractivity contribution >= 4 is 17.2 Å². The summed E-state index contributed by atoms with van der Waals surface area (Å²) in [6, 6.07) is 5.91. The van der Waals surface area contributed by atoms with Gasteiger partial charge >= 0.3 is 0 Å². The fraction of sp³-hybridized carbons (Fsp3) is 0.500. The molecule has 0 saturated carbocycles. The van der Waals surface area contributed by atoms with Gasteiger partial charge in [0.2, 0.25) is 0 Å². The molecule has 0 radical (unpaired) electrons. The minimum atomic E-state index is 0.0606. The van der Waals surface area contributed by atoms with E-state index in [4.69, 9.17) is 0 Å². The van der Waals surface area contributed by atoms with Crippen LogP contribution in [0, 0.1) is 5.41 Å². The third kappa shape index (κ3) is 2.36. The number of amides is 1. The van der Waals surface area contributed by atoms with Crippen LogP contribution >= 0.6 is 11.3 Å². The molecule has 0 bridgehead atoms. The number of carbonyl (C=O) groups excluding carboxylic acids is 1. The van der Waals surface area contributed by atoms with E-state index in [1.165, 1.54) is 6.42 Å². The first-order valence-corrected chi connectivity index (χ1v) is 8.60. The number of likely N-dealkylation sites (tertiary alicyclic amines) is 2. The second-order valence-corrected chi connectivity index (χ2v) is 7.56. The fourth-order valence-electron chi connectivity index (χ4n) is 3.75. The quantitative estimate of drug-likeness (QED) is 0.925. The van der Waals surface area contributed by atoms with Crippen LogP contribution in [0.3, 0.4) is 0 Å². The molecule has 2 aliphatic heterocycles. The fourth-order valence-corrected chi connectivity index (χ4v) is 4.44. The summed E-state index contributed by atoms with van der Waals surface area (Å²) in [5.41, 5.74) is 1.77. The Kier molecular flexibility index (Phi) is 3.31. The van der Waals surface area contributed by atoms with Gasteiger partial charge in [0.1, 0.15) is 0 Å². The van der Waals surface area contributed by atoms with Gasteiger partial charge in [-0.05, 0) is 43.9 Å². The van der Waals surface area contributed by atoms with E-state index >= 15 is 0 Å². The third-order valence-corrected chi connectivity index (χ3v) is 5.84. The minimum absolute atomic E-state index is 0.0606. The van der Waals surface area contributed by atoms with Gasteiger partial charge in [0.25, 0.3) is 5.91 Å². The first kappa shape index (κ1) is 14.0. The van der Waals surface area contributed by atoms with Crippen LogP contribution in [-0.4, -0.2) is 59.1 Å². The lowest BCUT2D eigenvalue weighted by Crippen LogP contribution is -2.33. The zero-order valence-electron chi connectivity index (χ0n) is 12.7. The molecular formula is C16H20N4OS. The molecule has 2 saturated heterocycles. The van der Waals surface area contributed by atoms with Gasteiger partial charge in [-0.1, -0.05) is 6.07 Å². The summed E-state index contributed by atoms with van der Waals surface area (Å²) < 4.78 is 0. The van der Waals surface area contributed by atoms with Gasteiger partial charge in [-0.25, -0.2) is 0 Å². The lowest BCUT2D eigenvalue weighted by atomic mass is 9.86. The monoisotopic (exact) mass is 316 g/mol. The zero-order valence-corrected chi connectivity index (χ0v) is 13.5. The highest BCUT2D eigenvalue weighted by atomic mass is 32.1. The van der Waals surface area contributed by atoms with Crippen LogP contribution in [0.4, 0.5) is 0 Å². The molecule has 4 rings (SSSR count). The number of H-pyrrole nitrogens is 1. The van der Waals surface area contributed by atoms with Crippen molar-refractivity contribution in [3.63, 3.8) is 0 Å². The molecule has 2 aromatic heterocycles. The Bertz CT molecular complexity index is 680. The lowest BCUT2D eigenvalue weighted by Gasteiger charge is -2.23. The van der Waals surface area contributed by atoms with Gasteiger partial charge in [0.05, 0.1) is 10.6 Å². The average Bonchev–Trinajstić information content (AvgIpc) is 3.25. The second-order valence-electron chi connectivity index (χ2n) is 6.61. The van der Waals surface area contributed by atoms with E-state index in [1.807, 2.05) is 28.5 Å². The SMILES string of the molecule is CN1CCC2(CCN(C(=O)c3cc(-c4cccs4)[nH]n3)C2)C1. The van der Waals surface area contributed by atoms with Gasteiger partial charge in [0, 0.05) is 25.0 Å². The predicted octanol–water partition coefficient (Wildman–Crippen LogP) is 2.31. The van der Waals surface area contributed by atoms with Gasteiger partial charge in [-0.2, -0.15) is 5.10 Å². The summed E-state index contributed by atoms with van der Waals surface area (Å²) in [4.78, 5) is 18.1. The van der Waals surface area contributed by atoms with E-state index in [1.54, 1.807) is 11.3 Å². The van der Waals surface area contributed by atoms with Crippen molar-refractivity contribution in [2.45, 2.75) is 12.8 Å². The van der Waals surface area contributed by atoms with Gasteiger partial charge in [0.15, 0.2) is 5.69 Å². The van der Waals surface area contributed by atoms with Crippen LogP contribution in [-0.2, 0) is 0 Å². The molecule has 5 nitrogen and oxygen atoms in total. The maximum absolute atomic E-state index is 12.7. The van der Waals surface area contributed by atoms with E-state index in [0.717, 1.165) is 43.2 Å². The Morgan fingerprint density at radius 3 is 2.95 bits per heavy atom. The van der Waals surface area contributed by atoms with Gasteiger partial charge < -0.3 is 9.80 Å². The molecular weight excluding hydrogens is 296 g/mol. The van der Waals surface area contributed by atoms with Crippen LogP contribution in [0.2, 0.25) is 0 Å². The van der Waals surface area contributed by atoms with E-state index in [9.17, 15) is 4.79 Å². The molecule has 1 atom stereocenters. The number of aromatic nitrogens is 2.